The van der Waals surface area contributed by atoms with E-state index < -0.39 is 0 Å². The number of nitrogens with two attached hydrogens (primary N) is 1. The second-order valence-electron chi connectivity index (χ2n) is 10.5. The minimum absolute atomic E-state index is 0.0423. The van der Waals surface area contributed by atoms with Crippen molar-refractivity contribution in [2.75, 3.05) is 59.5 Å². The first-order chi connectivity index (χ1) is 17.4. The normalized spacial score (nSPS) is 21.3. The number of carbonyl (C=O) groups is 2. The van der Waals surface area contributed by atoms with E-state index in [0.717, 1.165) is 89.9 Å². The molecule has 0 bridgehead atoms. The highest BCUT2D eigenvalue weighted by Gasteiger charge is 2.30. The SMILES string of the molecule is COC(=O)C(CN1CCC(CN2CCN(C(=O)C(N)=C3CCCCC3)CC2)CC1)c1ccc(Cl)cc1. The first-order valence-electron chi connectivity index (χ1n) is 13.5. The maximum absolute atomic E-state index is 12.9. The van der Waals surface area contributed by atoms with Crippen molar-refractivity contribution in [2.24, 2.45) is 11.7 Å². The molecule has 7 nitrogen and oxygen atoms in total. The molecule has 1 saturated carbocycles. The van der Waals surface area contributed by atoms with Crippen LogP contribution in [0.1, 0.15) is 56.4 Å². The Morgan fingerprint density at radius 3 is 2.22 bits per heavy atom. The number of ether oxygens (including phenoxy) is 1. The summed E-state index contributed by atoms with van der Waals surface area (Å²) in [5, 5.41) is 0.665. The zero-order valence-electron chi connectivity index (χ0n) is 21.6. The Morgan fingerprint density at radius 1 is 0.972 bits per heavy atom. The monoisotopic (exact) mass is 516 g/mol. The molecule has 2 aliphatic heterocycles. The van der Waals surface area contributed by atoms with Gasteiger partial charge in [-0.2, -0.15) is 0 Å². The molecule has 1 unspecified atom stereocenters. The highest BCUT2D eigenvalue weighted by Crippen LogP contribution is 2.27. The predicted octanol–water partition coefficient (Wildman–Crippen LogP) is 3.63. The van der Waals surface area contributed by atoms with Gasteiger partial charge < -0.3 is 20.3 Å². The van der Waals surface area contributed by atoms with Gasteiger partial charge in [0.05, 0.1) is 18.7 Å². The van der Waals surface area contributed by atoms with Gasteiger partial charge in [0.25, 0.3) is 5.91 Å². The van der Waals surface area contributed by atoms with Gasteiger partial charge in [-0.3, -0.25) is 14.5 Å². The summed E-state index contributed by atoms with van der Waals surface area (Å²) in [6, 6.07) is 7.49. The number of hydrogen-bond donors (Lipinski definition) is 1. The van der Waals surface area contributed by atoms with Crippen LogP contribution >= 0.6 is 11.6 Å². The van der Waals surface area contributed by atoms with Gasteiger partial charge in [0.15, 0.2) is 0 Å². The van der Waals surface area contributed by atoms with Crippen LogP contribution in [0.15, 0.2) is 35.5 Å². The molecule has 3 aliphatic rings. The standard InChI is InChI=1S/C28H41ClN4O3/c1-36-28(35)25(22-7-9-24(29)10-8-22)20-31-13-11-21(12-14-31)19-32-15-17-33(18-16-32)27(34)26(30)23-5-3-2-4-6-23/h7-10,21,25H,2-6,11-20,30H2,1H3. The van der Waals surface area contributed by atoms with Gasteiger partial charge in [-0.05, 0) is 80.8 Å². The third kappa shape index (κ3) is 7.02. The number of piperidine rings is 1. The van der Waals surface area contributed by atoms with Crippen LogP contribution in [0, 0.1) is 5.92 Å². The average molecular weight is 517 g/mol. The summed E-state index contributed by atoms with van der Waals surface area (Å²) in [7, 11) is 1.45. The number of esters is 1. The molecule has 2 heterocycles. The van der Waals surface area contributed by atoms with E-state index in [4.69, 9.17) is 22.1 Å². The third-order valence-corrected chi connectivity index (χ3v) is 8.40. The molecule has 2 saturated heterocycles. The van der Waals surface area contributed by atoms with Gasteiger partial charge in [-0.25, -0.2) is 0 Å². The average Bonchev–Trinajstić information content (AvgIpc) is 2.93. The smallest absolute Gasteiger partial charge is 0.314 e. The van der Waals surface area contributed by atoms with Crippen LogP contribution in [0.2, 0.25) is 5.02 Å². The lowest BCUT2D eigenvalue weighted by Crippen LogP contribution is -2.51. The van der Waals surface area contributed by atoms with Crippen molar-refractivity contribution >= 4 is 23.5 Å². The summed E-state index contributed by atoms with van der Waals surface area (Å²) in [4.78, 5) is 32.2. The number of likely N-dealkylation sites (tertiary alicyclic amines) is 1. The van der Waals surface area contributed by atoms with Crippen LogP contribution in [-0.2, 0) is 14.3 Å². The number of piperazine rings is 1. The largest absolute Gasteiger partial charge is 0.469 e. The van der Waals surface area contributed by atoms with Crippen LogP contribution in [0.3, 0.4) is 0 Å². The fourth-order valence-electron chi connectivity index (χ4n) is 5.83. The number of allylic oxidation sites excluding steroid dienone is 1. The van der Waals surface area contributed by atoms with E-state index in [9.17, 15) is 9.59 Å². The molecular formula is C28H41ClN4O3. The first kappa shape index (κ1) is 27.0. The summed E-state index contributed by atoms with van der Waals surface area (Å²) in [6.07, 6.45) is 7.75. The maximum Gasteiger partial charge on any atom is 0.314 e. The summed E-state index contributed by atoms with van der Waals surface area (Å²) >= 11 is 6.03. The molecule has 1 aromatic carbocycles. The summed E-state index contributed by atoms with van der Waals surface area (Å²) in [6.45, 7) is 7.04. The number of benzene rings is 1. The molecule has 0 aromatic heterocycles. The van der Waals surface area contributed by atoms with Gasteiger partial charge in [0.2, 0.25) is 0 Å². The van der Waals surface area contributed by atoms with Gasteiger partial charge in [0, 0.05) is 44.3 Å². The van der Waals surface area contributed by atoms with Crippen molar-refractivity contribution < 1.29 is 14.3 Å². The third-order valence-electron chi connectivity index (χ3n) is 8.15. The summed E-state index contributed by atoms with van der Waals surface area (Å²) in [5.41, 5.74) is 8.89. The van der Waals surface area contributed by atoms with Crippen molar-refractivity contribution in [3.8, 4) is 0 Å². The first-order valence-corrected chi connectivity index (χ1v) is 13.9. The number of halogens is 1. The molecule has 2 N–H and O–H groups in total. The van der Waals surface area contributed by atoms with Crippen molar-refractivity contribution in [1.82, 2.24) is 14.7 Å². The summed E-state index contributed by atoms with van der Waals surface area (Å²) < 4.78 is 5.09. The molecule has 8 heteroatoms. The Kier molecular flexibility index (Phi) is 9.68. The van der Waals surface area contributed by atoms with Gasteiger partial charge in [0.1, 0.15) is 0 Å². The summed E-state index contributed by atoms with van der Waals surface area (Å²) in [5.74, 6) is 0.183. The number of amides is 1. The Balaban J connectivity index is 1.21. The zero-order valence-corrected chi connectivity index (χ0v) is 22.3. The number of nitrogens with zero attached hydrogens (tertiary/aromatic N) is 3. The van der Waals surface area contributed by atoms with Crippen LogP contribution in [0.5, 0.6) is 0 Å². The lowest BCUT2D eigenvalue weighted by Gasteiger charge is -2.39. The van der Waals surface area contributed by atoms with Gasteiger partial charge in [-0.1, -0.05) is 30.2 Å². The fraction of sp³-hybridized carbons (Fsp3) is 0.643. The fourth-order valence-corrected chi connectivity index (χ4v) is 5.96. The quantitative estimate of drug-likeness (QED) is 0.440. The van der Waals surface area contributed by atoms with Crippen LogP contribution in [-0.4, -0.2) is 86.0 Å². The Morgan fingerprint density at radius 2 is 1.61 bits per heavy atom. The van der Waals surface area contributed by atoms with Crippen LogP contribution < -0.4 is 5.73 Å². The lowest BCUT2D eigenvalue weighted by atomic mass is 9.93. The Hall–Kier alpha value is -2.09. The van der Waals surface area contributed by atoms with E-state index in [0.29, 0.717) is 23.2 Å². The molecule has 198 valence electrons. The molecule has 4 rings (SSSR count). The minimum Gasteiger partial charge on any atom is -0.469 e. The minimum atomic E-state index is -0.301. The lowest BCUT2D eigenvalue weighted by molar-refractivity contribution is -0.143. The molecule has 36 heavy (non-hydrogen) atoms. The molecule has 1 amide bonds. The van der Waals surface area contributed by atoms with E-state index in [1.54, 1.807) is 0 Å². The molecular weight excluding hydrogens is 476 g/mol. The zero-order chi connectivity index (χ0) is 25.5. The van der Waals surface area contributed by atoms with E-state index >= 15 is 0 Å². The number of rotatable bonds is 7. The molecule has 1 aromatic rings. The highest BCUT2D eigenvalue weighted by molar-refractivity contribution is 6.30. The van der Waals surface area contributed by atoms with Crippen molar-refractivity contribution in [2.45, 2.75) is 50.9 Å². The maximum atomic E-state index is 12.9. The molecule has 0 radical (unpaired) electrons. The molecule has 0 spiro atoms. The Labute approximate surface area is 220 Å². The van der Waals surface area contributed by atoms with Crippen molar-refractivity contribution in [3.05, 3.63) is 46.1 Å². The van der Waals surface area contributed by atoms with Gasteiger partial charge >= 0.3 is 5.97 Å². The van der Waals surface area contributed by atoms with Gasteiger partial charge in [-0.15, -0.1) is 0 Å². The Bertz CT molecular complexity index is 911. The number of methoxy groups -OCH3 is 1. The van der Waals surface area contributed by atoms with E-state index in [1.165, 1.54) is 19.1 Å². The van der Waals surface area contributed by atoms with E-state index in [2.05, 4.69) is 9.80 Å². The predicted molar refractivity (Wildman–Crippen MR) is 143 cm³/mol. The molecule has 1 atom stereocenters. The molecule has 3 fully saturated rings. The number of carbonyl (C=O) groups excluding carboxylic acids is 2. The van der Waals surface area contributed by atoms with Crippen LogP contribution in [0.4, 0.5) is 0 Å². The van der Waals surface area contributed by atoms with Crippen molar-refractivity contribution in [3.63, 3.8) is 0 Å². The second kappa shape index (κ2) is 12.9. The highest BCUT2D eigenvalue weighted by atomic mass is 35.5. The van der Waals surface area contributed by atoms with E-state index in [1.807, 2.05) is 29.2 Å². The molecule has 1 aliphatic carbocycles. The van der Waals surface area contributed by atoms with Crippen LogP contribution in [0.25, 0.3) is 0 Å². The second-order valence-corrected chi connectivity index (χ2v) is 11.0. The van der Waals surface area contributed by atoms with Crippen molar-refractivity contribution in [1.29, 1.82) is 0 Å². The van der Waals surface area contributed by atoms with E-state index in [-0.39, 0.29) is 17.8 Å². The topological polar surface area (TPSA) is 79.1 Å². The number of hydrogen-bond acceptors (Lipinski definition) is 6.